The molecule has 1 aliphatic rings. The van der Waals surface area contributed by atoms with Gasteiger partial charge in [-0.3, -0.25) is 0 Å². The van der Waals surface area contributed by atoms with Gasteiger partial charge in [0, 0.05) is 6.92 Å². The number of hydrogen-bond donors (Lipinski definition) is 2. The minimum Gasteiger partial charge on any atom is -0.218 e. The van der Waals surface area contributed by atoms with Crippen LogP contribution in [-0.4, -0.2) is 11.6 Å². The summed E-state index contributed by atoms with van der Waals surface area (Å²) in [6.45, 7) is 0.764. The first kappa shape index (κ1) is 6.46. The lowest BCUT2D eigenvalue weighted by molar-refractivity contribution is -0.00422. The van der Waals surface area contributed by atoms with Gasteiger partial charge in [0.25, 0.3) is 5.92 Å². The quantitative estimate of drug-likeness (QED) is 0.392. The van der Waals surface area contributed by atoms with Crippen molar-refractivity contribution in [3.8, 4) is 12.3 Å². The Hall–Kier alpha value is -0.660. The zero-order valence-electron chi connectivity index (χ0n) is 4.83. The predicted octanol–water partition coefficient (Wildman–Crippen LogP) is 0.0789. The molecule has 1 heterocycles. The van der Waals surface area contributed by atoms with E-state index in [-0.39, 0.29) is 0 Å². The van der Waals surface area contributed by atoms with Gasteiger partial charge in [-0.2, -0.15) is 0 Å². The Morgan fingerprint density at radius 3 is 2.00 bits per heavy atom. The number of rotatable bonds is 1. The molecule has 9 heavy (non-hydrogen) atoms. The smallest absolute Gasteiger partial charge is 0.218 e. The highest BCUT2D eigenvalue weighted by atomic mass is 19.3. The summed E-state index contributed by atoms with van der Waals surface area (Å²) in [5, 5.41) is 0. The van der Waals surface area contributed by atoms with Crippen LogP contribution in [0, 0.1) is 12.3 Å². The van der Waals surface area contributed by atoms with Crippen molar-refractivity contribution in [2.75, 3.05) is 0 Å². The van der Waals surface area contributed by atoms with E-state index < -0.39 is 11.6 Å². The van der Waals surface area contributed by atoms with Crippen molar-refractivity contribution in [2.24, 2.45) is 0 Å². The van der Waals surface area contributed by atoms with E-state index >= 15 is 0 Å². The van der Waals surface area contributed by atoms with Gasteiger partial charge in [-0.15, -0.1) is 6.42 Å². The molecular formula is C5H6F2N2. The molecule has 2 N–H and O–H groups in total. The Labute approximate surface area is 51.6 Å². The predicted molar refractivity (Wildman–Crippen MR) is 28.5 cm³/mol. The summed E-state index contributed by atoms with van der Waals surface area (Å²) >= 11 is 0. The van der Waals surface area contributed by atoms with Gasteiger partial charge in [0.15, 0.2) is 0 Å². The van der Waals surface area contributed by atoms with E-state index in [1.807, 2.05) is 5.92 Å². The van der Waals surface area contributed by atoms with Gasteiger partial charge in [-0.05, 0) is 0 Å². The molecule has 0 atom stereocenters. The summed E-state index contributed by atoms with van der Waals surface area (Å²) < 4.78 is 24.6. The SMILES string of the molecule is C#CC1(C(C)(F)F)NN1. The topological polar surface area (TPSA) is 43.9 Å². The van der Waals surface area contributed by atoms with Crippen LogP contribution < -0.4 is 10.9 Å². The van der Waals surface area contributed by atoms with Gasteiger partial charge < -0.3 is 0 Å². The molecule has 4 heteroatoms. The minimum atomic E-state index is -2.90. The van der Waals surface area contributed by atoms with Crippen molar-refractivity contribution < 1.29 is 8.78 Å². The first-order valence-corrected chi connectivity index (χ1v) is 2.42. The van der Waals surface area contributed by atoms with E-state index in [0.29, 0.717) is 0 Å². The monoisotopic (exact) mass is 132 g/mol. The van der Waals surface area contributed by atoms with Crippen molar-refractivity contribution in [3.05, 3.63) is 0 Å². The zero-order valence-corrected chi connectivity index (χ0v) is 4.83. The zero-order chi connectivity index (χ0) is 7.12. The number of alkyl halides is 2. The highest BCUT2D eigenvalue weighted by Gasteiger charge is 2.58. The van der Waals surface area contributed by atoms with Gasteiger partial charge in [-0.25, -0.2) is 19.6 Å². The third kappa shape index (κ3) is 0.784. The Balaban J connectivity index is 2.75. The summed E-state index contributed by atoms with van der Waals surface area (Å²) in [5.74, 6) is -0.981. The van der Waals surface area contributed by atoms with Crippen LogP contribution in [0.4, 0.5) is 8.78 Å². The largest absolute Gasteiger partial charge is 0.289 e. The van der Waals surface area contributed by atoms with Crippen molar-refractivity contribution in [3.63, 3.8) is 0 Å². The van der Waals surface area contributed by atoms with Crippen LogP contribution in [-0.2, 0) is 0 Å². The minimum absolute atomic E-state index is 0.764. The summed E-state index contributed by atoms with van der Waals surface area (Å²) in [6, 6.07) is 0. The third-order valence-electron chi connectivity index (χ3n) is 1.25. The molecule has 0 aromatic heterocycles. The van der Waals surface area contributed by atoms with Gasteiger partial charge >= 0.3 is 0 Å². The maximum atomic E-state index is 12.3. The summed E-state index contributed by atoms with van der Waals surface area (Å²) in [4.78, 5) is 0. The molecular weight excluding hydrogens is 126 g/mol. The summed E-state index contributed by atoms with van der Waals surface area (Å²) in [6.07, 6.45) is 4.80. The highest BCUT2D eigenvalue weighted by Crippen LogP contribution is 2.30. The molecule has 1 saturated heterocycles. The number of terminal acetylenes is 1. The lowest BCUT2D eigenvalue weighted by Crippen LogP contribution is -2.36. The molecule has 1 rings (SSSR count). The highest BCUT2D eigenvalue weighted by molar-refractivity contribution is 5.23. The molecule has 0 radical (unpaired) electrons. The molecule has 0 unspecified atom stereocenters. The number of hydrogen-bond acceptors (Lipinski definition) is 2. The standard InChI is InChI=1S/C5H6F2N2/c1-3-5(8-9-5)4(2,6)7/h1,8-9H,2H3. The molecule has 50 valence electrons. The Bertz CT molecular complexity index is 161. The second-order valence-corrected chi connectivity index (χ2v) is 2.03. The average Bonchev–Trinajstić information content (AvgIpc) is 2.40. The number of nitrogens with one attached hydrogen (secondary N) is 2. The van der Waals surface area contributed by atoms with Crippen LogP contribution in [0.3, 0.4) is 0 Å². The molecule has 0 aliphatic carbocycles. The van der Waals surface area contributed by atoms with Crippen molar-refractivity contribution >= 4 is 0 Å². The van der Waals surface area contributed by atoms with E-state index in [2.05, 4.69) is 10.9 Å². The average molecular weight is 132 g/mol. The van der Waals surface area contributed by atoms with Crippen LogP contribution >= 0.6 is 0 Å². The van der Waals surface area contributed by atoms with Crippen molar-refractivity contribution in [1.82, 2.24) is 10.9 Å². The summed E-state index contributed by atoms with van der Waals surface area (Å²) in [5.41, 5.74) is 2.83. The molecule has 0 spiro atoms. The fourth-order valence-electron chi connectivity index (χ4n) is 0.481. The van der Waals surface area contributed by atoms with Gasteiger partial charge in [0.2, 0.25) is 5.66 Å². The molecule has 2 nitrogen and oxygen atoms in total. The fraction of sp³-hybridized carbons (Fsp3) is 0.600. The molecule has 1 fully saturated rings. The Morgan fingerprint density at radius 2 is 2.00 bits per heavy atom. The molecule has 0 saturated carbocycles. The molecule has 1 aliphatic heterocycles. The second kappa shape index (κ2) is 1.43. The van der Waals surface area contributed by atoms with Crippen LogP contribution in [0.1, 0.15) is 6.92 Å². The summed E-state index contributed by atoms with van der Waals surface area (Å²) in [7, 11) is 0. The Morgan fingerprint density at radius 1 is 1.56 bits per heavy atom. The van der Waals surface area contributed by atoms with Gasteiger partial charge in [0.1, 0.15) is 0 Å². The van der Waals surface area contributed by atoms with Crippen molar-refractivity contribution in [1.29, 1.82) is 0 Å². The van der Waals surface area contributed by atoms with Gasteiger partial charge in [-0.1, -0.05) is 5.92 Å². The lowest BCUT2D eigenvalue weighted by Gasteiger charge is -2.12. The van der Waals surface area contributed by atoms with Gasteiger partial charge in [0.05, 0.1) is 0 Å². The molecule has 0 bridgehead atoms. The maximum Gasteiger partial charge on any atom is 0.289 e. The van der Waals surface area contributed by atoms with E-state index in [1.54, 1.807) is 0 Å². The second-order valence-electron chi connectivity index (χ2n) is 2.03. The van der Waals surface area contributed by atoms with Crippen LogP contribution in [0.25, 0.3) is 0 Å². The lowest BCUT2D eigenvalue weighted by atomic mass is 10.1. The van der Waals surface area contributed by atoms with Crippen LogP contribution in [0.2, 0.25) is 0 Å². The normalized spacial score (nSPS) is 22.9. The van der Waals surface area contributed by atoms with E-state index in [1.165, 1.54) is 0 Å². The van der Waals surface area contributed by atoms with Crippen molar-refractivity contribution in [2.45, 2.75) is 18.5 Å². The number of halogens is 2. The van der Waals surface area contributed by atoms with Crippen LogP contribution in [0.15, 0.2) is 0 Å². The maximum absolute atomic E-state index is 12.3. The molecule has 0 aromatic carbocycles. The first-order valence-electron chi connectivity index (χ1n) is 2.42. The Kier molecular flexibility index (Phi) is 1.03. The first-order chi connectivity index (χ1) is 4.02. The molecule has 0 aromatic rings. The number of hydrazine groups is 1. The third-order valence-corrected chi connectivity index (χ3v) is 1.25. The molecule has 0 amide bonds. The fourth-order valence-corrected chi connectivity index (χ4v) is 0.481. The van der Waals surface area contributed by atoms with Crippen LogP contribution in [0.5, 0.6) is 0 Å². The van der Waals surface area contributed by atoms with E-state index in [0.717, 1.165) is 6.92 Å². The van der Waals surface area contributed by atoms with E-state index in [9.17, 15) is 8.78 Å². The van der Waals surface area contributed by atoms with E-state index in [4.69, 9.17) is 6.42 Å².